The van der Waals surface area contributed by atoms with E-state index in [1.165, 1.54) is 0 Å². The number of Topliss-reactive ketones (excluding diaryl/α,β-unsaturated/α-hetero) is 1. The van der Waals surface area contributed by atoms with Crippen LogP contribution in [0, 0.1) is 0 Å². The molecule has 1 saturated heterocycles. The Morgan fingerprint density at radius 3 is 1.83 bits per heavy atom. The Kier molecular flexibility index (Phi) is 4.94. The molecule has 1 heterocycles. The van der Waals surface area contributed by atoms with Crippen molar-refractivity contribution in [3.8, 4) is 0 Å². The van der Waals surface area contributed by atoms with Crippen LogP contribution in [0.2, 0.25) is 0 Å². The third kappa shape index (κ3) is 3.32. The highest BCUT2D eigenvalue weighted by atomic mass is 16.6. The summed E-state index contributed by atoms with van der Waals surface area (Å²) in [7, 11) is 0. The summed E-state index contributed by atoms with van der Waals surface area (Å²) in [5.74, 6) is 0.165. The van der Waals surface area contributed by atoms with E-state index < -0.39 is 0 Å². The quantitative estimate of drug-likeness (QED) is 0.846. The molecule has 0 saturated carbocycles. The third-order valence-corrected chi connectivity index (χ3v) is 4.36. The number of ketones is 1. The molecule has 1 aliphatic heterocycles. The normalized spacial score (nSPS) is 20.7. The lowest BCUT2D eigenvalue weighted by atomic mass is 9.87. The predicted octanol–water partition coefficient (Wildman–Crippen LogP) is 4.29. The molecule has 2 aromatic rings. The van der Waals surface area contributed by atoms with Crippen LogP contribution in [0.4, 0.5) is 4.79 Å². The maximum absolute atomic E-state index is 12.7. The first-order chi connectivity index (χ1) is 11.7. The van der Waals surface area contributed by atoms with Gasteiger partial charge < -0.3 is 4.74 Å². The van der Waals surface area contributed by atoms with Gasteiger partial charge in [0.2, 0.25) is 0 Å². The van der Waals surface area contributed by atoms with Crippen molar-refractivity contribution in [1.82, 2.24) is 4.90 Å². The van der Waals surface area contributed by atoms with E-state index in [0.29, 0.717) is 19.4 Å². The van der Waals surface area contributed by atoms with Gasteiger partial charge in [-0.25, -0.2) is 4.79 Å². The van der Waals surface area contributed by atoms with Crippen molar-refractivity contribution in [3.63, 3.8) is 0 Å². The van der Waals surface area contributed by atoms with Crippen molar-refractivity contribution in [1.29, 1.82) is 0 Å². The molecule has 124 valence electrons. The Balaban J connectivity index is 2.03. The van der Waals surface area contributed by atoms with E-state index >= 15 is 0 Å². The smallest absolute Gasteiger partial charge is 0.410 e. The number of benzene rings is 2. The predicted molar refractivity (Wildman–Crippen MR) is 91.5 cm³/mol. The third-order valence-electron chi connectivity index (χ3n) is 4.36. The summed E-state index contributed by atoms with van der Waals surface area (Å²) in [6, 6.07) is 18.8. The van der Waals surface area contributed by atoms with Crippen LogP contribution in [0.1, 0.15) is 43.0 Å². The maximum atomic E-state index is 12.7. The van der Waals surface area contributed by atoms with E-state index in [-0.39, 0.29) is 24.0 Å². The molecule has 1 fully saturated rings. The summed E-state index contributed by atoms with van der Waals surface area (Å²) in [5.41, 5.74) is 1.92. The lowest BCUT2D eigenvalue weighted by Gasteiger charge is -2.41. The first kappa shape index (κ1) is 16.2. The van der Waals surface area contributed by atoms with Crippen LogP contribution < -0.4 is 0 Å². The van der Waals surface area contributed by atoms with Crippen molar-refractivity contribution in [2.75, 3.05) is 6.61 Å². The number of rotatable bonds is 3. The molecule has 1 aliphatic rings. The molecule has 3 rings (SSSR count). The molecule has 4 nitrogen and oxygen atoms in total. The Labute approximate surface area is 142 Å². The van der Waals surface area contributed by atoms with E-state index in [9.17, 15) is 9.59 Å². The number of amides is 1. The van der Waals surface area contributed by atoms with Crippen molar-refractivity contribution in [2.24, 2.45) is 0 Å². The zero-order valence-electron chi connectivity index (χ0n) is 13.7. The number of piperidine rings is 1. The lowest BCUT2D eigenvalue weighted by Crippen LogP contribution is -2.43. The second kappa shape index (κ2) is 7.30. The Bertz CT molecular complexity index is 648. The Morgan fingerprint density at radius 2 is 1.42 bits per heavy atom. The molecule has 1 amide bonds. The van der Waals surface area contributed by atoms with E-state index in [1.807, 2.05) is 60.7 Å². The van der Waals surface area contributed by atoms with Gasteiger partial charge in [-0.3, -0.25) is 9.69 Å². The summed E-state index contributed by atoms with van der Waals surface area (Å²) in [5, 5.41) is 0. The first-order valence-electron chi connectivity index (χ1n) is 8.27. The minimum atomic E-state index is -0.368. The highest BCUT2D eigenvalue weighted by molar-refractivity contribution is 5.83. The van der Waals surface area contributed by atoms with Crippen LogP contribution in [0.15, 0.2) is 60.7 Å². The SMILES string of the molecule is CCOC(=O)N1[C@@H](c2ccccc2)CC(=O)C[C@H]1c1ccccc1. The van der Waals surface area contributed by atoms with Crippen molar-refractivity contribution < 1.29 is 14.3 Å². The van der Waals surface area contributed by atoms with Gasteiger partial charge in [-0.15, -0.1) is 0 Å². The average Bonchev–Trinajstić information content (AvgIpc) is 2.62. The lowest BCUT2D eigenvalue weighted by molar-refractivity contribution is -0.125. The van der Waals surface area contributed by atoms with Crippen LogP contribution in [0.3, 0.4) is 0 Å². The molecule has 0 N–H and O–H groups in total. The van der Waals surface area contributed by atoms with Gasteiger partial charge in [-0.05, 0) is 18.1 Å². The van der Waals surface area contributed by atoms with Gasteiger partial charge in [0.05, 0.1) is 18.7 Å². The number of hydrogen-bond acceptors (Lipinski definition) is 3. The number of hydrogen-bond donors (Lipinski definition) is 0. The molecule has 0 radical (unpaired) electrons. The Hall–Kier alpha value is -2.62. The fraction of sp³-hybridized carbons (Fsp3) is 0.300. The first-order valence-corrected chi connectivity index (χ1v) is 8.27. The van der Waals surface area contributed by atoms with Gasteiger partial charge in [-0.2, -0.15) is 0 Å². The van der Waals surface area contributed by atoms with E-state index in [1.54, 1.807) is 11.8 Å². The summed E-state index contributed by atoms with van der Waals surface area (Å²) < 4.78 is 5.30. The van der Waals surface area contributed by atoms with Crippen LogP contribution >= 0.6 is 0 Å². The standard InChI is InChI=1S/C20H21NO3/c1-2-24-20(23)21-18(15-9-5-3-6-10-15)13-17(22)14-19(21)16-11-7-4-8-12-16/h3-12,18-19H,2,13-14H2,1H3/t18-,19+. The van der Waals surface area contributed by atoms with Gasteiger partial charge in [0.1, 0.15) is 5.78 Å². The fourth-order valence-electron chi connectivity index (χ4n) is 3.29. The molecule has 2 aromatic carbocycles. The minimum absolute atomic E-state index is 0.165. The van der Waals surface area contributed by atoms with Crippen molar-refractivity contribution in [3.05, 3.63) is 71.8 Å². The van der Waals surface area contributed by atoms with Gasteiger partial charge >= 0.3 is 6.09 Å². The van der Waals surface area contributed by atoms with Gasteiger partial charge in [-0.1, -0.05) is 60.7 Å². The van der Waals surface area contributed by atoms with E-state index in [2.05, 4.69) is 0 Å². The molecule has 0 aromatic heterocycles. The van der Waals surface area contributed by atoms with E-state index in [0.717, 1.165) is 11.1 Å². The highest BCUT2D eigenvalue weighted by Gasteiger charge is 2.40. The molecule has 0 bridgehead atoms. The van der Waals surface area contributed by atoms with Gasteiger partial charge in [0.15, 0.2) is 0 Å². The van der Waals surface area contributed by atoms with Crippen LogP contribution in [-0.4, -0.2) is 23.4 Å². The molecule has 2 atom stereocenters. The molecule has 0 aliphatic carbocycles. The molecule has 4 heteroatoms. The monoisotopic (exact) mass is 323 g/mol. The van der Waals surface area contributed by atoms with E-state index in [4.69, 9.17) is 4.74 Å². The summed E-state index contributed by atoms with van der Waals surface area (Å²) in [4.78, 5) is 26.8. The number of likely N-dealkylation sites (tertiary alicyclic amines) is 1. The largest absolute Gasteiger partial charge is 0.450 e. The van der Waals surface area contributed by atoms with Gasteiger partial charge in [0, 0.05) is 12.8 Å². The fourth-order valence-corrected chi connectivity index (χ4v) is 3.29. The van der Waals surface area contributed by atoms with Crippen molar-refractivity contribution >= 4 is 11.9 Å². The second-order valence-corrected chi connectivity index (χ2v) is 5.91. The average molecular weight is 323 g/mol. The molecular formula is C20H21NO3. The number of carbonyl (C=O) groups excluding carboxylic acids is 2. The molecule has 24 heavy (non-hydrogen) atoms. The highest BCUT2D eigenvalue weighted by Crippen LogP contribution is 2.40. The number of ether oxygens (including phenoxy) is 1. The summed E-state index contributed by atoms with van der Waals surface area (Å²) in [6.45, 7) is 2.11. The van der Waals surface area contributed by atoms with Crippen LogP contribution in [-0.2, 0) is 9.53 Å². The zero-order valence-corrected chi connectivity index (χ0v) is 13.7. The van der Waals surface area contributed by atoms with Gasteiger partial charge in [0.25, 0.3) is 0 Å². The number of carbonyl (C=O) groups is 2. The molecule has 0 spiro atoms. The topological polar surface area (TPSA) is 46.6 Å². The summed E-state index contributed by atoms with van der Waals surface area (Å²) in [6.07, 6.45) is 0.283. The second-order valence-electron chi connectivity index (χ2n) is 5.91. The zero-order chi connectivity index (χ0) is 16.9. The number of nitrogens with zero attached hydrogens (tertiary/aromatic N) is 1. The van der Waals surface area contributed by atoms with Crippen LogP contribution in [0.25, 0.3) is 0 Å². The minimum Gasteiger partial charge on any atom is -0.450 e. The maximum Gasteiger partial charge on any atom is 0.410 e. The van der Waals surface area contributed by atoms with Crippen LogP contribution in [0.5, 0.6) is 0 Å². The molecule has 0 unspecified atom stereocenters. The summed E-state index contributed by atoms with van der Waals surface area (Å²) >= 11 is 0. The Morgan fingerprint density at radius 1 is 0.958 bits per heavy atom. The molecular weight excluding hydrogens is 302 g/mol. The van der Waals surface area contributed by atoms with Crippen molar-refractivity contribution in [2.45, 2.75) is 31.8 Å².